The summed E-state index contributed by atoms with van der Waals surface area (Å²) in [6, 6.07) is 12.4. The Kier molecular flexibility index (Phi) is 4.42. The van der Waals surface area contributed by atoms with Gasteiger partial charge in [0, 0.05) is 0 Å². The Labute approximate surface area is 116 Å². The van der Waals surface area contributed by atoms with Gasteiger partial charge in [0.1, 0.15) is 5.82 Å². The van der Waals surface area contributed by atoms with E-state index in [1.807, 2.05) is 31.2 Å². The summed E-state index contributed by atoms with van der Waals surface area (Å²) in [4.78, 5) is 0. The Balaban J connectivity index is 2.03. The molecular formula is C15H12ClFN2. The minimum atomic E-state index is -0.465. The molecule has 0 N–H and O–H groups in total. The van der Waals surface area contributed by atoms with Crippen LogP contribution in [0.25, 0.3) is 0 Å². The molecular weight excluding hydrogens is 263 g/mol. The quantitative estimate of drug-likeness (QED) is 0.591. The van der Waals surface area contributed by atoms with Gasteiger partial charge in [-0.3, -0.25) is 0 Å². The Morgan fingerprint density at radius 3 is 2.16 bits per heavy atom. The highest BCUT2D eigenvalue weighted by molar-refractivity contribution is 6.30. The number of hydrogen-bond donors (Lipinski definition) is 0. The first-order chi connectivity index (χ1) is 9.15. The van der Waals surface area contributed by atoms with Crippen LogP contribution in [0.15, 0.2) is 52.7 Å². The van der Waals surface area contributed by atoms with Crippen molar-refractivity contribution in [2.24, 2.45) is 10.2 Å². The van der Waals surface area contributed by atoms with E-state index in [0.29, 0.717) is 5.56 Å². The highest BCUT2D eigenvalue weighted by Crippen LogP contribution is 2.14. The average Bonchev–Trinajstić information content (AvgIpc) is 2.41. The summed E-state index contributed by atoms with van der Waals surface area (Å²) in [5.41, 5.74) is 2.77. The van der Waals surface area contributed by atoms with Crippen LogP contribution >= 0.6 is 11.6 Å². The molecule has 0 spiro atoms. The molecule has 2 nitrogen and oxygen atoms in total. The van der Waals surface area contributed by atoms with Gasteiger partial charge in [-0.1, -0.05) is 47.5 Å². The molecule has 0 aliphatic carbocycles. The van der Waals surface area contributed by atoms with Crippen molar-refractivity contribution in [2.45, 2.75) is 6.92 Å². The molecule has 0 amide bonds. The fourth-order valence-electron chi connectivity index (χ4n) is 1.45. The highest BCUT2D eigenvalue weighted by Gasteiger charge is 1.98. The summed E-state index contributed by atoms with van der Waals surface area (Å²) in [5, 5.41) is 7.87. The van der Waals surface area contributed by atoms with E-state index < -0.39 is 5.82 Å². The highest BCUT2D eigenvalue weighted by atomic mass is 35.5. The van der Waals surface area contributed by atoms with E-state index in [9.17, 15) is 4.39 Å². The topological polar surface area (TPSA) is 24.7 Å². The minimum absolute atomic E-state index is 0.0975. The Morgan fingerprint density at radius 1 is 0.947 bits per heavy atom. The first-order valence-electron chi connectivity index (χ1n) is 5.73. The first-order valence-corrected chi connectivity index (χ1v) is 6.11. The van der Waals surface area contributed by atoms with Gasteiger partial charge in [0.15, 0.2) is 0 Å². The van der Waals surface area contributed by atoms with Gasteiger partial charge in [-0.15, -0.1) is 0 Å². The van der Waals surface area contributed by atoms with E-state index in [-0.39, 0.29) is 5.02 Å². The minimum Gasteiger partial charge on any atom is -0.205 e. The van der Waals surface area contributed by atoms with Crippen LogP contribution in [-0.4, -0.2) is 12.4 Å². The molecule has 0 heterocycles. The number of aryl methyl sites for hydroxylation is 1. The zero-order chi connectivity index (χ0) is 13.7. The number of hydrogen-bond acceptors (Lipinski definition) is 2. The van der Waals surface area contributed by atoms with Crippen LogP contribution < -0.4 is 0 Å². The lowest BCUT2D eigenvalue weighted by atomic mass is 10.2. The molecule has 0 radical (unpaired) electrons. The summed E-state index contributed by atoms with van der Waals surface area (Å²) >= 11 is 5.59. The second-order valence-corrected chi connectivity index (χ2v) is 4.48. The summed E-state index contributed by atoms with van der Waals surface area (Å²) < 4.78 is 13.2. The average molecular weight is 275 g/mol. The van der Waals surface area contributed by atoms with E-state index in [0.717, 1.165) is 5.56 Å². The molecule has 2 aromatic rings. The van der Waals surface area contributed by atoms with E-state index >= 15 is 0 Å². The summed E-state index contributed by atoms with van der Waals surface area (Å²) in [7, 11) is 0. The number of halogens is 2. The van der Waals surface area contributed by atoms with E-state index in [1.54, 1.807) is 12.3 Å². The lowest BCUT2D eigenvalue weighted by molar-refractivity contribution is 0.628. The maximum atomic E-state index is 13.2. The monoisotopic (exact) mass is 274 g/mol. The second kappa shape index (κ2) is 6.25. The van der Waals surface area contributed by atoms with Gasteiger partial charge in [-0.2, -0.15) is 10.2 Å². The lowest BCUT2D eigenvalue weighted by Gasteiger charge is -1.95. The van der Waals surface area contributed by atoms with Crippen molar-refractivity contribution in [3.63, 3.8) is 0 Å². The van der Waals surface area contributed by atoms with Crippen LogP contribution in [0.4, 0.5) is 4.39 Å². The SMILES string of the molecule is Cc1ccc(/C=N/N=C/c2ccc(Cl)c(F)c2)cc1. The zero-order valence-corrected chi connectivity index (χ0v) is 11.1. The van der Waals surface area contributed by atoms with Crippen LogP contribution in [0.3, 0.4) is 0 Å². The third-order valence-electron chi connectivity index (χ3n) is 2.50. The molecule has 2 rings (SSSR count). The molecule has 2 aromatic carbocycles. The Hall–Kier alpha value is -2.00. The second-order valence-electron chi connectivity index (χ2n) is 4.07. The predicted molar refractivity (Wildman–Crippen MR) is 77.8 cm³/mol. The van der Waals surface area contributed by atoms with Gasteiger partial charge >= 0.3 is 0 Å². The maximum Gasteiger partial charge on any atom is 0.142 e. The Bertz CT molecular complexity index is 619. The van der Waals surface area contributed by atoms with Crippen molar-refractivity contribution in [1.29, 1.82) is 0 Å². The zero-order valence-electron chi connectivity index (χ0n) is 10.3. The standard InChI is InChI=1S/C15H12ClFN2/c1-11-2-4-12(5-3-11)9-18-19-10-13-6-7-14(16)15(17)8-13/h2-10H,1H3/b18-9+,19-10+. The van der Waals surface area contributed by atoms with Gasteiger partial charge in [0.05, 0.1) is 17.5 Å². The van der Waals surface area contributed by atoms with Crippen LogP contribution in [0.2, 0.25) is 5.02 Å². The van der Waals surface area contributed by atoms with Crippen molar-refractivity contribution >= 4 is 24.0 Å². The molecule has 0 atom stereocenters. The van der Waals surface area contributed by atoms with Gasteiger partial charge in [0.25, 0.3) is 0 Å². The van der Waals surface area contributed by atoms with Crippen molar-refractivity contribution in [3.8, 4) is 0 Å². The summed E-state index contributed by atoms with van der Waals surface area (Å²) in [5.74, 6) is -0.465. The molecule has 0 aromatic heterocycles. The normalized spacial score (nSPS) is 11.5. The predicted octanol–water partition coefficient (Wildman–Crippen LogP) is 4.24. The molecule has 0 saturated heterocycles. The molecule has 19 heavy (non-hydrogen) atoms. The van der Waals surface area contributed by atoms with Gasteiger partial charge in [-0.05, 0) is 30.2 Å². The third kappa shape index (κ3) is 4.00. The van der Waals surface area contributed by atoms with E-state index in [2.05, 4.69) is 10.2 Å². The molecule has 0 aliphatic rings. The van der Waals surface area contributed by atoms with Crippen LogP contribution in [0.5, 0.6) is 0 Å². The fourth-order valence-corrected chi connectivity index (χ4v) is 1.56. The third-order valence-corrected chi connectivity index (χ3v) is 2.81. The number of rotatable bonds is 3. The molecule has 0 fully saturated rings. The van der Waals surface area contributed by atoms with Crippen molar-refractivity contribution < 1.29 is 4.39 Å². The summed E-state index contributed by atoms with van der Waals surface area (Å²) in [6.07, 6.45) is 3.12. The van der Waals surface area contributed by atoms with Gasteiger partial charge in [0.2, 0.25) is 0 Å². The Morgan fingerprint density at radius 2 is 1.53 bits per heavy atom. The molecule has 0 bridgehead atoms. The van der Waals surface area contributed by atoms with Crippen LogP contribution in [0.1, 0.15) is 16.7 Å². The first kappa shape index (κ1) is 13.4. The van der Waals surface area contributed by atoms with Crippen molar-refractivity contribution in [1.82, 2.24) is 0 Å². The van der Waals surface area contributed by atoms with Crippen LogP contribution in [0, 0.1) is 12.7 Å². The van der Waals surface area contributed by atoms with Gasteiger partial charge < -0.3 is 0 Å². The fraction of sp³-hybridized carbons (Fsp3) is 0.0667. The number of benzene rings is 2. The maximum absolute atomic E-state index is 13.2. The van der Waals surface area contributed by atoms with Crippen molar-refractivity contribution in [3.05, 3.63) is 70.0 Å². The largest absolute Gasteiger partial charge is 0.205 e. The molecule has 0 aliphatic heterocycles. The van der Waals surface area contributed by atoms with Crippen LogP contribution in [-0.2, 0) is 0 Å². The van der Waals surface area contributed by atoms with E-state index in [1.165, 1.54) is 23.9 Å². The lowest BCUT2D eigenvalue weighted by Crippen LogP contribution is -1.84. The molecule has 96 valence electrons. The smallest absolute Gasteiger partial charge is 0.142 e. The number of nitrogens with zero attached hydrogens (tertiary/aromatic N) is 2. The van der Waals surface area contributed by atoms with E-state index in [4.69, 9.17) is 11.6 Å². The molecule has 0 unspecified atom stereocenters. The molecule has 4 heteroatoms. The molecule has 0 saturated carbocycles. The summed E-state index contributed by atoms with van der Waals surface area (Å²) in [6.45, 7) is 2.02. The van der Waals surface area contributed by atoms with Gasteiger partial charge in [-0.25, -0.2) is 4.39 Å². The van der Waals surface area contributed by atoms with Crippen molar-refractivity contribution in [2.75, 3.05) is 0 Å².